The first kappa shape index (κ1) is 12.5. The van der Waals surface area contributed by atoms with Crippen molar-refractivity contribution in [3.05, 3.63) is 48.0 Å². The third kappa shape index (κ3) is 5.32. The largest absolute Gasteiger partial charge is 0.348 e. The zero-order chi connectivity index (χ0) is 11.8. The third-order valence-electron chi connectivity index (χ3n) is 2.05. The van der Waals surface area contributed by atoms with Crippen LogP contribution in [0.5, 0.6) is 0 Å². The topological polar surface area (TPSA) is 32.3 Å². The number of nitrogens with zero attached hydrogens (tertiary/aromatic N) is 1. The van der Waals surface area contributed by atoms with Gasteiger partial charge in [-0.05, 0) is 19.7 Å². The summed E-state index contributed by atoms with van der Waals surface area (Å²) in [5.74, 6) is -0.0503. The van der Waals surface area contributed by atoms with E-state index < -0.39 is 0 Å². The Bertz CT molecular complexity index is 344. The van der Waals surface area contributed by atoms with E-state index in [2.05, 4.69) is 5.32 Å². The van der Waals surface area contributed by atoms with Crippen LogP contribution in [0.25, 0.3) is 0 Å². The molecule has 1 amide bonds. The zero-order valence-electron chi connectivity index (χ0n) is 9.81. The van der Waals surface area contributed by atoms with E-state index in [4.69, 9.17) is 0 Å². The molecule has 0 saturated heterocycles. The Morgan fingerprint density at radius 3 is 2.62 bits per heavy atom. The van der Waals surface area contributed by atoms with Crippen LogP contribution >= 0.6 is 0 Å². The van der Waals surface area contributed by atoms with E-state index >= 15 is 0 Å². The molecule has 0 saturated carbocycles. The Balaban J connectivity index is 2.28. The molecular formula is C13H18N2O. The van der Waals surface area contributed by atoms with Gasteiger partial charge in [0.15, 0.2) is 0 Å². The van der Waals surface area contributed by atoms with Crippen molar-refractivity contribution >= 4 is 5.91 Å². The van der Waals surface area contributed by atoms with Crippen LogP contribution in [0.1, 0.15) is 5.56 Å². The van der Waals surface area contributed by atoms with Gasteiger partial charge in [-0.25, -0.2) is 0 Å². The summed E-state index contributed by atoms with van der Waals surface area (Å²) in [5.41, 5.74) is 1.11. The lowest BCUT2D eigenvalue weighted by Gasteiger charge is -2.04. The maximum absolute atomic E-state index is 11.4. The van der Waals surface area contributed by atoms with E-state index in [1.54, 1.807) is 6.08 Å². The molecule has 0 aromatic heterocycles. The van der Waals surface area contributed by atoms with E-state index in [1.807, 2.05) is 55.4 Å². The third-order valence-corrected chi connectivity index (χ3v) is 2.05. The first-order valence-electron chi connectivity index (χ1n) is 5.31. The molecule has 3 heteroatoms. The molecule has 86 valence electrons. The lowest BCUT2D eigenvalue weighted by atomic mass is 10.2. The Hall–Kier alpha value is -1.61. The first-order valence-corrected chi connectivity index (χ1v) is 5.31. The van der Waals surface area contributed by atoms with Crippen molar-refractivity contribution in [1.29, 1.82) is 0 Å². The summed E-state index contributed by atoms with van der Waals surface area (Å²) >= 11 is 0. The summed E-state index contributed by atoms with van der Waals surface area (Å²) in [6.45, 7) is 1.35. The van der Waals surface area contributed by atoms with Crippen LogP contribution in [0.2, 0.25) is 0 Å². The lowest BCUT2D eigenvalue weighted by molar-refractivity contribution is -0.116. The molecule has 0 radical (unpaired) electrons. The van der Waals surface area contributed by atoms with E-state index in [0.29, 0.717) is 6.54 Å². The number of nitrogens with one attached hydrogen (secondary N) is 1. The molecule has 1 N–H and O–H groups in total. The van der Waals surface area contributed by atoms with Gasteiger partial charge < -0.3 is 10.2 Å². The van der Waals surface area contributed by atoms with Crippen LogP contribution in [0.3, 0.4) is 0 Å². The highest BCUT2D eigenvalue weighted by Gasteiger charge is 1.95. The van der Waals surface area contributed by atoms with Gasteiger partial charge in [0.1, 0.15) is 0 Å². The van der Waals surface area contributed by atoms with Crippen LogP contribution in [0.4, 0.5) is 0 Å². The van der Waals surface area contributed by atoms with Gasteiger partial charge in [-0.1, -0.05) is 36.4 Å². The summed E-state index contributed by atoms with van der Waals surface area (Å²) in [6.07, 6.45) is 3.42. The minimum atomic E-state index is -0.0503. The number of benzene rings is 1. The SMILES string of the molecule is CN(C)C/C=C/C(=O)NCc1ccccc1. The van der Waals surface area contributed by atoms with Gasteiger partial charge in [-0.15, -0.1) is 0 Å². The molecule has 0 aliphatic carbocycles. The number of likely N-dealkylation sites (N-methyl/N-ethyl adjacent to an activating group) is 1. The molecule has 1 aromatic carbocycles. The van der Waals surface area contributed by atoms with Gasteiger partial charge in [0.2, 0.25) is 5.91 Å². The highest BCUT2D eigenvalue weighted by molar-refractivity contribution is 5.87. The second kappa shape index (κ2) is 6.80. The molecule has 0 aliphatic heterocycles. The predicted molar refractivity (Wildman–Crippen MR) is 66.0 cm³/mol. The number of carbonyl (C=O) groups is 1. The average molecular weight is 218 g/mol. The van der Waals surface area contributed by atoms with Gasteiger partial charge in [-0.3, -0.25) is 4.79 Å². The highest BCUT2D eigenvalue weighted by Crippen LogP contribution is 1.96. The molecule has 0 heterocycles. The van der Waals surface area contributed by atoms with E-state index in [1.165, 1.54) is 0 Å². The lowest BCUT2D eigenvalue weighted by Crippen LogP contribution is -2.20. The number of amides is 1. The Morgan fingerprint density at radius 2 is 2.00 bits per heavy atom. The molecule has 1 aromatic rings. The maximum Gasteiger partial charge on any atom is 0.243 e. The fourth-order valence-electron chi connectivity index (χ4n) is 1.21. The molecule has 0 spiro atoms. The predicted octanol–water partition coefficient (Wildman–Crippen LogP) is 1.42. The molecule has 3 nitrogen and oxygen atoms in total. The normalized spacial score (nSPS) is 10.9. The average Bonchev–Trinajstić information content (AvgIpc) is 2.27. The standard InChI is InChI=1S/C13H18N2O/c1-15(2)10-6-9-13(16)14-11-12-7-4-3-5-8-12/h3-9H,10-11H2,1-2H3,(H,14,16)/b9-6+. The van der Waals surface area contributed by atoms with E-state index in [9.17, 15) is 4.79 Å². The van der Waals surface area contributed by atoms with Crippen molar-refractivity contribution < 1.29 is 4.79 Å². The quantitative estimate of drug-likeness (QED) is 0.758. The summed E-state index contributed by atoms with van der Waals surface area (Å²) in [7, 11) is 3.93. The van der Waals surface area contributed by atoms with Gasteiger partial charge in [0.05, 0.1) is 0 Å². The molecule has 0 unspecified atom stereocenters. The molecule has 1 rings (SSSR count). The second-order valence-corrected chi connectivity index (χ2v) is 3.87. The number of hydrogen-bond acceptors (Lipinski definition) is 2. The molecule has 16 heavy (non-hydrogen) atoms. The molecule has 0 bridgehead atoms. The van der Waals surface area contributed by atoms with Gasteiger partial charge in [-0.2, -0.15) is 0 Å². The highest BCUT2D eigenvalue weighted by atomic mass is 16.1. The van der Waals surface area contributed by atoms with E-state index in [-0.39, 0.29) is 5.91 Å². The van der Waals surface area contributed by atoms with Crippen molar-refractivity contribution in [3.63, 3.8) is 0 Å². The number of rotatable bonds is 5. The Morgan fingerprint density at radius 1 is 1.31 bits per heavy atom. The zero-order valence-corrected chi connectivity index (χ0v) is 9.81. The smallest absolute Gasteiger partial charge is 0.243 e. The summed E-state index contributed by atoms with van der Waals surface area (Å²) in [4.78, 5) is 13.4. The first-order chi connectivity index (χ1) is 7.68. The summed E-state index contributed by atoms with van der Waals surface area (Å²) < 4.78 is 0. The van der Waals surface area contributed by atoms with Crippen molar-refractivity contribution in [2.45, 2.75) is 6.54 Å². The van der Waals surface area contributed by atoms with Crippen LogP contribution in [0, 0.1) is 0 Å². The molecular weight excluding hydrogens is 200 g/mol. The fraction of sp³-hybridized carbons (Fsp3) is 0.308. The van der Waals surface area contributed by atoms with Crippen molar-refractivity contribution in [2.75, 3.05) is 20.6 Å². The monoisotopic (exact) mass is 218 g/mol. The minimum Gasteiger partial charge on any atom is -0.348 e. The van der Waals surface area contributed by atoms with Gasteiger partial charge in [0.25, 0.3) is 0 Å². The Kier molecular flexibility index (Phi) is 5.29. The van der Waals surface area contributed by atoms with Crippen molar-refractivity contribution in [3.8, 4) is 0 Å². The van der Waals surface area contributed by atoms with Crippen LogP contribution in [-0.2, 0) is 11.3 Å². The molecule has 0 atom stereocenters. The number of hydrogen-bond donors (Lipinski definition) is 1. The van der Waals surface area contributed by atoms with Crippen molar-refractivity contribution in [2.24, 2.45) is 0 Å². The van der Waals surface area contributed by atoms with Crippen LogP contribution < -0.4 is 5.32 Å². The van der Waals surface area contributed by atoms with E-state index in [0.717, 1.165) is 12.1 Å². The maximum atomic E-state index is 11.4. The second-order valence-electron chi connectivity index (χ2n) is 3.87. The molecule has 0 fully saturated rings. The fourth-order valence-corrected chi connectivity index (χ4v) is 1.21. The van der Waals surface area contributed by atoms with Crippen molar-refractivity contribution in [1.82, 2.24) is 10.2 Å². The van der Waals surface area contributed by atoms with Gasteiger partial charge in [0, 0.05) is 19.2 Å². The molecule has 0 aliphatic rings. The van der Waals surface area contributed by atoms with Crippen LogP contribution in [-0.4, -0.2) is 31.4 Å². The summed E-state index contributed by atoms with van der Waals surface area (Å²) in [6, 6.07) is 9.86. The Labute approximate surface area is 96.8 Å². The van der Waals surface area contributed by atoms with Gasteiger partial charge >= 0.3 is 0 Å². The minimum absolute atomic E-state index is 0.0503. The van der Waals surface area contributed by atoms with Crippen LogP contribution in [0.15, 0.2) is 42.5 Å². The number of carbonyl (C=O) groups excluding carboxylic acids is 1. The summed E-state index contributed by atoms with van der Waals surface area (Å²) in [5, 5.41) is 2.83.